The van der Waals surface area contributed by atoms with E-state index >= 15 is 0 Å². The van der Waals surface area contributed by atoms with Crippen molar-refractivity contribution in [2.24, 2.45) is 5.92 Å². The molecular weight excluding hydrogens is 391 g/mol. The third-order valence-corrected chi connectivity index (χ3v) is 4.65. The Morgan fingerprint density at radius 2 is 1.97 bits per heavy atom. The number of nitro benzene ring substituents is 1. The Kier molecular flexibility index (Phi) is 5.27. The molecular formula is C19H16F3N3O4. The van der Waals surface area contributed by atoms with Gasteiger partial charge in [0.05, 0.1) is 22.1 Å². The van der Waals surface area contributed by atoms with Crippen molar-refractivity contribution in [2.75, 3.05) is 16.8 Å². The minimum absolute atomic E-state index is 0.0240. The maximum absolute atomic E-state index is 12.8. The van der Waals surface area contributed by atoms with Crippen molar-refractivity contribution in [2.45, 2.75) is 19.5 Å². The average molecular weight is 407 g/mol. The number of alkyl halides is 3. The Morgan fingerprint density at radius 3 is 2.62 bits per heavy atom. The minimum atomic E-state index is -4.54. The van der Waals surface area contributed by atoms with Crippen molar-refractivity contribution >= 4 is 28.9 Å². The highest BCUT2D eigenvalue weighted by atomic mass is 19.4. The van der Waals surface area contributed by atoms with Crippen molar-refractivity contribution in [1.82, 2.24) is 0 Å². The molecule has 0 spiro atoms. The molecule has 10 heteroatoms. The molecule has 1 aliphatic rings. The monoisotopic (exact) mass is 407 g/mol. The smallest absolute Gasteiger partial charge is 0.326 e. The van der Waals surface area contributed by atoms with Gasteiger partial charge < -0.3 is 10.2 Å². The largest absolute Gasteiger partial charge is 0.416 e. The molecule has 0 aliphatic carbocycles. The summed E-state index contributed by atoms with van der Waals surface area (Å²) in [6.07, 6.45) is -4.69. The minimum Gasteiger partial charge on any atom is -0.326 e. The number of hydrogen-bond donors (Lipinski definition) is 1. The van der Waals surface area contributed by atoms with E-state index in [0.29, 0.717) is 11.3 Å². The maximum atomic E-state index is 12.8. The fraction of sp³-hybridized carbons (Fsp3) is 0.263. The highest BCUT2D eigenvalue weighted by Crippen LogP contribution is 2.32. The van der Waals surface area contributed by atoms with Gasteiger partial charge in [-0.05, 0) is 31.2 Å². The second-order valence-corrected chi connectivity index (χ2v) is 6.70. The number of anilines is 2. The standard InChI is InChI=1S/C19H16F3N3O4/c1-11-5-6-15(9-16(11)25(28)29)24-10-12(7-17(24)26)18(27)23-14-4-2-3-13(8-14)19(20,21)22/h2-6,8-9,12H,7,10H2,1H3,(H,23,27)/t12-/m1/s1. The molecule has 1 atom stereocenters. The second kappa shape index (κ2) is 7.53. The molecule has 3 rings (SSSR count). The van der Waals surface area contributed by atoms with Gasteiger partial charge in [0.15, 0.2) is 0 Å². The van der Waals surface area contributed by atoms with E-state index < -0.39 is 34.4 Å². The Hall–Kier alpha value is -3.43. The summed E-state index contributed by atoms with van der Waals surface area (Å²) in [4.78, 5) is 36.6. The summed E-state index contributed by atoms with van der Waals surface area (Å²) in [5, 5.41) is 13.5. The van der Waals surface area contributed by atoms with Crippen LogP contribution in [0.3, 0.4) is 0 Å². The summed E-state index contributed by atoms with van der Waals surface area (Å²) < 4.78 is 38.4. The van der Waals surface area contributed by atoms with Crippen LogP contribution in [0, 0.1) is 23.0 Å². The zero-order valence-electron chi connectivity index (χ0n) is 15.2. The SMILES string of the molecule is Cc1ccc(N2C[C@H](C(=O)Nc3cccc(C(F)(F)F)c3)CC2=O)cc1[N+](=O)[O-]. The third kappa shape index (κ3) is 4.36. The number of benzene rings is 2. The van der Waals surface area contributed by atoms with Gasteiger partial charge in [0, 0.05) is 30.3 Å². The first-order valence-electron chi connectivity index (χ1n) is 8.60. The van der Waals surface area contributed by atoms with E-state index in [2.05, 4.69) is 5.32 Å². The molecule has 0 saturated carbocycles. The first-order valence-corrected chi connectivity index (χ1v) is 8.60. The van der Waals surface area contributed by atoms with Crippen LogP contribution in [0.5, 0.6) is 0 Å². The summed E-state index contributed by atoms with van der Waals surface area (Å²) in [7, 11) is 0. The maximum Gasteiger partial charge on any atom is 0.416 e. The van der Waals surface area contributed by atoms with Crippen LogP contribution < -0.4 is 10.2 Å². The summed E-state index contributed by atoms with van der Waals surface area (Å²) in [6.45, 7) is 1.54. The summed E-state index contributed by atoms with van der Waals surface area (Å²) in [6, 6.07) is 8.53. The lowest BCUT2D eigenvalue weighted by Crippen LogP contribution is -2.28. The molecule has 152 valence electrons. The van der Waals surface area contributed by atoms with Gasteiger partial charge in [0.1, 0.15) is 0 Å². The number of aryl methyl sites for hydroxylation is 1. The van der Waals surface area contributed by atoms with Crippen molar-refractivity contribution in [3.8, 4) is 0 Å². The van der Waals surface area contributed by atoms with E-state index in [-0.39, 0.29) is 24.3 Å². The van der Waals surface area contributed by atoms with Crippen molar-refractivity contribution < 1.29 is 27.7 Å². The Labute approximate surface area is 163 Å². The topological polar surface area (TPSA) is 92.6 Å². The van der Waals surface area contributed by atoms with Crippen molar-refractivity contribution in [1.29, 1.82) is 0 Å². The molecule has 7 nitrogen and oxygen atoms in total. The lowest BCUT2D eigenvalue weighted by Gasteiger charge is -2.17. The fourth-order valence-corrected chi connectivity index (χ4v) is 3.11. The highest BCUT2D eigenvalue weighted by molar-refractivity contribution is 6.03. The first-order chi connectivity index (χ1) is 13.6. The summed E-state index contributed by atoms with van der Waals surface area (Å²) in [5.41, 5.74) is -0.342. The number of halogens is 3. The number of nitrogens with one attached hydrogen (secondary N) is 1. The lowest BCUT2D eigenvalue weighted by molar-refractivity contribution is -0.385. The number of carbonyl (C=O) groups excluding carboxylic acids is 2. The average Bonchev–Trinajstić information content (AvgIpc) is 3.03. The Balaban J connectivity index is 1.74. The van der Waals surface area contributed by atoms with Crippen molar-refractivity contribution in [3.05, 3.63) is 63.7 Å². The van der Waals surface area contributed by atoms with Gasteiger partial charge >= 0.3 is 6.18 Å². The Morgan fingerprint density at radius 1 is 1.24 bits per heavy atom. The zero-order chi connectivity index (χ0) is 21.3. The Bertz CT molecular complexity index is 991. The van der Waals surface area contributed by atoms with Crippen LogP contribution in [-0.2, 0) is 15.8 Å². The lowest BCUT2D eigenvalue weighted by atomic mass is 10.1. The van der Waals surface area contributed by atoms with Gasteiger partial charge in [0.2, 0.25) is 11.8 Å². The molecule has 0 unspecified atom stereocenters. The van der Waals surface area contributed by atoms with E-state index in [4.69, 9.17) is 0 Å². The van der Waals surface area contributed by atoms with Crippen LogP contribution in [0.25, 0.3) is 0 Å². The molecule has 29 heavy (non-hydrogen) atoms. The summed E-state index contributed by atoms with van der Waals surface area (Å²) >= 11 is 0. The number of nitro groups is 1. The molecule has 2 amide bonds. The summed E-state index contributed by atoms with van der Waals surface area (Å²) in [5.74, 6) is -1.79. The van der Waals surface area contributed by atoms with Crippen LogP contribution in [0.4, 0.5) is 30.2 Å². The van der Waals surface area contributed by atoms with E-state index in [9.17, 15) is 32.9 Å². The van der Waals surface area contributed by atoms with E-state index in [1.165, 1.54) is 29.2 Å². The van der Waals surface area contributed by atoms with Gasteiger partial charge in [-0.2, -0.15) is 13.2 Å². The molecule has 1 saturated heterocycles. The predicted octanol–water partition coefficient (Wildman–Crippen LogP) is 3.91. The molecule has 0 bridgehead atoms. The van der Waals surface area contributed by atoms with Gasteiger partial charge in [0.25, 0.3) is 5.69 Å². The fourth-order valence-electron chi connectivity index (χ4n) is 3.11. The van der Waals surface area contributed by atoms with Crippen molar-refractivity contribution in [3.63, 3.8) is 0 Å². The molecule has 1 N–H and O–H groups in total. The number of rotatable bonds is 4. The third-order valence-electron chi connectivity index (χ3n) is 4.65. The zero-order valence-corrected chi connectivity index (χ0v) is 15.2. The van der Waals surface area contributed by atoms with Crippen LogP contribution in [-0.4, -0.2) is 23.3 Å². The van der Waals surface area contributed by atoms with Crippen LogP contribution >= 0.6 is 0 Å². The van der Waals surface area contributed by atoms with E-state index in [1.807, 2.05) is 0 Å². The molecule has 1 aliphatic heterocycles. The number of nitrogens with zero attached hydrogens (tertiary/aromatic N) is 2. The predicted molar refractivity (Wildman–Crippen MR) is 98.4 cm³/mol. The van der Waals surface area contributed by atoms with E-state index in [1.54, 1.807) is 13.0 Å². The van der Waals surface area contributed by atoms with Gasteiger partial charge in [-0.15, -0.1) is 0 Å². The molecule has 0 radical (unpaired) electrons. The number of amides is 2. The van der Waals surface area contributed by atoms with Crippen LogP contribution in [0.2, 0.25) is 0 Å². The molecule has 2 aromatic rings. The number of hydrogen-bond acceptors (Lipinski definition) is 4. The van der Waals surface area contributed by atoms with Crippen LogP contribution in [0.1, 0.15) is 17.5 Å². The molecule has 1 heterocycles. The molecule has 2 aromatic carbocycles. The highest BCUT2D eigenvalue weighted by Gasteiger charge is 2.36. The normalized spacial score (nSPS) is 16.8. The first kappa shape index (κ1) is 20.3. The molecule has 1 fully saturated rings. The quantitative estimate of drug-likeness (QED) is 0.614. The molecule has 0 aromatic heterocycles. The van der Waals surface area contributed by atoms with Crippen LogP contribution in [0.15, 0.2) is 42.5 Å². The van der Waals surface area contributed by atoms with Gasteiger partial charge in [-0.1, -0.05) is 12.1 Å². The second-order valence-electron chi connectivity index (χ2n) is 6.70. The van der Waals surface area contributed by atoms with Gasteiger partial charge in [-0.25, -0.2) is 0 Å². The van der Waals surface area contributed by atoms with Gasteiger partial charge in [-0.3, -0.25) is 19.7 Å². The number of carbonyl (C=O) groups is 2. The van der Waals surface area contributed by atoms with E-state index in [0.717, 1.165) is 12.1 Å².